The van der Waals surface area contributed by atoms with Crippen LogP contribution in [0.15, 0.2) is 53.5 Å². The lowest BCUT2D eigenvalue weighted by molar-refractivity contribution is -0.148. The van der Waals surface area contributed by atoms with E-state index in [1.54, 1.807) is 6.07 Å². The highest BCUT2D eigenvalue weighted by molar-refractivity contribution is 6.01. The van der Waals surface area contributed by atoms with Gasteiger partial charge in [-0.25, -0.2) is 9.18 Å². The van der Waals surface area contributed by atoms with Crippen molar-refractivity contribution in [3.63, 3.8) is 0 Å². The van der Waals surface area contributed by atoms with Crippen molar-refractivity contribution in [2.45, 2.75) is 6.54 Å². The molecular formula is C16H14FN3O5. The predicted molar refractivity (Wildman–Crippen MR) is 85.2 cm³/mol. The minimum atomic E-state index is -0.967. The smallest absolute Gasteiger partial charge is 0.326 e. The molecule has 0 radical (unpaired) electrons. The molecule has 3 amide bonds. The number of hydrogen-bond donors (Lipinski definition) is 2. The fourth-order valence-corrected chi connectivity index (χ4v) is 1.80. The number of urea groups is 1. The van der Waals surface area contributed by atoms with Gasteiger partial charge in [0.25, 0.3) is 11.5 Å². The van der Waals surface area contributed by atoms with Gasteiger partial charge >= 0.3 is 12.0 Å². The Kier molecular flexibility index (Phi) is 5.99. The first-order chi connectivity index (χ1) is 12.0. The van der Waals surface area contributed by atoms with Crippen LogP contribution >= 0.6 is 0 Å². The minimum absolute atomic E-state index is 0.103. The standard InChI is InChI=1S/C16H14FN3O5/c17-11-5-1-2-6-12(11)18-16(24)19-13(21)10-25-15(23)9-20-8-4-3-7-14(20)22/h1-8H,9-10H2,(H2,18,19,21,24). The molecule has 0 bridgehead atoms. The average Bonchev–Trinajstić information content (AvgIpc) is 2.57. The molecule has 0 aliphatic heterocycles. The summed E-state index contributed by atoms with van der Waals surface area (Å²) in [6.07, 6.45) is 1.39. The van der Waals surface area contributed by atoms with Gasteiger partial charge in [0, 0.05) is 12.3 Å². The summed E-state index contributed by atoms with van der Waals surface area (Å²) in [6, 6.07) is 8.80. The lowest BCUT2D eigenvalue weighted by Crippen LogP contribution is -2.37. The van der Waals surface area contributed by atoms with E-state index in [0.29, 0.717) is 0 Å². The molecule has 2 aromatic rings. The number of nitrogens with one attached hydrogen (secondary N) is 2. The Bertz CT molecular complexity index is 849. The lowest BCUT2D eigenvalue weighted by Gasteiger charge is -2.08. The number of halogens is 1. The second-order valence-corrected chi connectivity index (χ2v) is 4.81. The summed E-state index contributed by atoms with van der Waals surface area (Å²) in [5, 5.41) is 4.03. The van der Waals surface area contributed by atoms with Crippen LogP contribution in [0.2, 0.25) is 0 Å². The second-order valence-electron chi connectivity index (χ2n) is 4.81. The third-order valence-corrected chi connectivity index (χ3v) is 2.94. The van der Waals surface area contributed by atoms with Crippen molar-refractivity contribution in [1.29, 1.82) is 0 Å². The van der Waals surface area contributed by atoms with Crippen molar-refractivity contribution in [2.75, 3.05) is 11.9 Å². The van der Waals surface area contributed by atoms with Crippen molar-refractivity contribution in [3.05, 3.63) is 64.8 Å². The highest BCUT2D eigenvalue weighted by Crippen LogP contribution is 2.11. The number of pyridine rings is 1. The highest BCUT2D eigenvalue weighted by atomic mass is 19.1. The van der Waals surface area contributed by atoms with Crippen molar-refractivity contribution >= 4 is 23.6 Å². The molecule has 0 atom stereocenters. The van der Waals surface area contributed by atoms with Crippen molar-refractivity contribution in [2.24, 2.45) is 0 Å². The van der Waals surface area contributed by atoms with Crippen LogP contribution < -0.4 is 16.2 Å². The molecule has 2 N–H and O–H groups in total. The third kappa shape index (κ3) is 5.57. The van der Waals surface area contributed by atoms with E-state index in [4.69, 9.17) is 0 Å². The zero-order chi connectivity index (χ0) is 18.2. The highest BCUT2D eigenvalue weighted by Gasteiger charge is 2.13. The van der Waals surface area contributed by atoms with Crippen LogP contribution in [0, 0.1) is 5.82 Å². The maximum atomic E-state index is 13.4. The second kappa shape index (κ2) is 8.39. The molecule has 0 saturated heterocycles. The van der Waals surface area contributed by atoms with E-state index in [2.05, 4.69) is 10.1 Å². The number of nitrogens with zero attached hydrogens (tertiary/aromatic N) is 1. The number of rotatable bonds is 5. The Morgan fingerprint density at radius 2 is 1.80 bits per heavy atom. The molecule has 1 aromatic heterocycles. The summed E-state index contributed by atoms with van der Waals surface area (Å²) in [5.41, 5.74) is -0.499. The number of anilines is 1. The zero-order valence-corrected chi connectivity index (χ0v) is 12.9. The first kappa shape index (κ1) is 17.9. The monoisotopic (exact) mass is 347 g/mol. The molecule has 0 spiro atoms. The maximum absolute atomic E-state index is 13.4. The average molecular weight is 347 g/mol. The van der Waals surface area contributed by atoms with Crippen LogP contribution in [0.1, 0.15) is 0 Å². The SMILES string of the molecule is O=C(COC(=O)Cn1ccccc1=O)NC(=O)Nc1ccccc1F. The van der Waals surface area contributed by atoms with E-state index in [1.807, 2.05) is 5.32 Å². The normalized spacial score (nSPS) is 9.96. The van der Waals surface area contributed by atoms with Gasteiger partial charge in [-0.3, -0.25) is 19.7 Å². The summed E-state index contributed by atoms with van der Waals surface area (Å²) in [6.45, 7) is -1.08. The fourth-order valence-electron chi connectivity index (χ4n) is 1.80. The topological polar surface area (TPSA) is 106 Å². The van der Waals surface area contributed by atoms with Gasteiger partial charge in [0.15, 0.2) is 6.61 Å². The molecule has 9 heteroatoms. The molecule has 1 aromatic carbocycles. The van der Waals surface area contributed by atoms with Crippen LogP contribution in [-0.4, -0.2) is 29.1 Å². The van der Waals surface area contributed by atoms with Gasteiger partial charge in [0.1, 0.15) is 12.4 Å². The Morgan fingerprint density at radius 3 is 2.52 bits per heavy atom. The number of carbonyl (C=O) groups is 3. The molecule has 1 heterocycles. The van der Waals surface area contributed by atoms with E-state index in [-0.39, 0.29) is 12.2 Å². The molecule has 0 unspecified atom stereocenters. The van der Waals surface area contributed by atoms with Crippen LogP contribution in [0.25, 0.3) is 0 Å². The third-order valence-electron chi connectivity index (χ3n) is 2.94. The minimum Gasteiger partial charge on any atom is -0.454 e. The molecular weight excluding hydrogens is 333 g/mol. The molecule has 0 aliphatic rings. The van der Waals surface area contributed by atoms with Crippen LogP contribution in [0.4, 0.5) is 14.9 Å². The van der Waals surface area contributed by atoms with Crippen molar-refractivity contribution in [3.8, 4) is 0 Å². The summed E-state index contributed by atoms with van der Waals surface area (Å²) >= 11 is 0. The number of imide groups is 1. The number of para-hydroxylation sites is 1. The molecule has 8 nitrogen and oxygen atoms in total. The summed E-state index contributed by atoms with van der Waals surface area (Å²) in [7, 11) is 0. The Hall–Kier alpha value is -3.49. The quantitative estimate of drug-likeness (QED) is 0.781. The molecule has 0 fully saturated rings. The lowest BCUT2D eigenvalue weighted by atomic mass is 10.3. The number of ether oxygens (including phenoxy) is 1. The first-order valence-corrected chi connectivity index (χ1v) is 7.12. The van der Waals surface area contributed by atoms with E-state index < -0.39 is 35.9 Å². The number of aromatic nitrogens is 1. The van der Waals surface area contributed by atoms with Crippen molar-refractivity contribution in [1.82, 2.24) is 9.88 Å². The van der Waals surface area contributed by atoms with E-state index in [9.17, 15) is 23.6 Å². The largest absolute Gasteiger partial charge is 0.454 e. The molecule has 0 saturated carbocycles. The van der Waals surface area contributed by atoms with Crippen LogP contribution in [0.5, 0.6) is 0 Å². The van der Waals surface area contributed by atoms with Gasteiger partial charge < -0.3 is 14.6 Å². The number of esters is 1. The summed E-state index contributed by atoms with van der Waals surface area (Å²) in [5.74, 6) is -2.38. The Balaban J connectivity index is 1.77. The Labute approximate surface area is 141 Å². The molecule has 0 aliphatic carbocycles. The Morgan fingerprint density at radius 1 is 1.08 bits per heavy atom. The van der Waals surface area contributed by atoms with Gasteiger partial charge in [-0.1, -0.05) is 18.2 Å². The zero-order valence-electron chi connectivity index (χ0n) is 12.9. The molecule has 25 heavy (non-hydrogen) atoms. The number of hydrogen-bond acceptors (Lipinski definition) is 5. The number of carbonyl (C=O) groups excluding carboxylic acids is 3. The van der Waals surface area contributed by atoms with E-state index >= 15 is 0 Å². The van der Waals surface area contributed by atoms with Crippen LogP contribution in [0.3, 0.4) is 0 Å². The van der Waals surface area contributed by atoms with Gasteiger partial charge in [0.05, 0.1) is 5.69 Å². The van der Waals surface area contributed by atoms with E-state index in [1.165, 1.54) is 36.5 Å². The molecule has 130 valence electrons. The van der Waals surface area contributed by atoms with Gasteiger partial charge in [-0.05, 0) is 18.2 Å². The predicted octanol–water partition coefficient (Wildman–Crippen LogP) is 0.879. The summed E-state index contributed by atoms with van der Waals surface area (Å²) in [4.78, 5) is 46.1. The fraction of sp³-hybridized carbons (Fsp3) is 0.125. The van der Waals surface area contributed by atoms with Gasteiger partial charge in [-0.2, -0.15) is 0 Å². The first-order valence-electron chi connectivity index (χ1n) is 7.12. The number of benzene rings is 1. The van der Waals surface area contributed by atoms with E-state index in [0.717, 1.165) is 10.6 Å². The van der Waals surface area contributed by atoms with Crippen molar-refractivity contribution < 1.29 is 23.5 Å². The van der Waals surface area contributed by atoms with Gasteiger partial charge in [0.2, 0.25) is 0 Å². The molecule has 2 rings (SSSR count). The van der Waals surface area contributed by atoms with Crippen LogP contribution in [-0.2, 0) is 20.9 Å². The van der Waals surface area contributed by atoms with Gasteiger partial charge in [-0.15, -0.1) is 0 Å². The summed E-state index contributed by atoms with van der Waals surface area (Å²) < 4.78 is 19.1. The maximum Gasteiger partial charge on any atom is 0.326 e. The number of amides is 3.